The molecule has 1 heterocycles. The number of piperidine rings is 1. The fourth-order valence-corrected chi connectivity index (χ4v) is 2.97. The molecule has 2 N–H and O–H groups in total. The van der Waals surface area contributed by atoms with Crippen molar-refractivity contribution in [3.8, 4) is 0 Å². The Hall–Kier alpha value is -1.24. The summed E-state index contributed by atoms with van der Waals surface area (Å²) in [5.74, 6) is -4.74. The third-order valence-electron chi connectivity index (χ3n) is 4.21. The van der Waals surface area contributed by atoms with Gasteiger partial charge in [-0.15, -0.1) is 0 Å². The standard InChI is InChI=1S/C13H19F2NO4/c14-13(15)4-1-8(2-5-13)11(18)16-6-3-9(17)7-10(16)12(19)20/h8-10,17H,1-7H2,(H,19,20)/t9-,10-/m0/s1. The number of likely N-dealkylation sites (tertiary alicyclic amines) is 1. The third-order valence-corrected chi connectivity index (χ3v) is 4.21. The maximum absolute atomic E-state index is 13.1. The maximum Gasteiger partial charge on any atom is 0.326 e. The van der Waals surface area contributed by atoms with Gasteiger partial charge in [-0.05, 0) is 19.3 Å². The molecule has 2 fully saturated rings. The Morgan fingerprint density at radius 1 is 1.15 bits per heavy atom. The summed E-state index contributed by atoms with van der Waals surface area (Å²) in [4.78, 5) is 24.7. The van der Waals surface area contributed by atoms with Crippen LogP contribution in [0.2, 0.25) is 0 Å². The Kier molecular flexibility index (Phi) is 4.27. The number of carboxylic acids is 1. The van der Waals surface area contributed by atoms with Crippen molar-refractivity contribution in [2.24, 2.45) is 5.92 Å². The molecule has 1 aliphatic carbocycles. The van der Waals surface area contributed by atoms with Gasteiger partial charge < -0.3 is 15.1 Å². The van der Waals surface area contributed by atoms with Crippen LogP contribution in [0.15, 0.2) is 0 Å². The van der Waals surface area contributed by atoms with Crippen molar-refractivity contribution >= 4 is 11.9 Å². The second-order valence-electron chi connectivity index (χ2n) is 5.69. The van der Waals surface area contributed by atoms with E-state index in [1.54, 1.807) is 0 Å². The van der Waals surface area contributed by atoms with E-state index in [1.165, 1.54) is 4.90 Å². The summed E-state index contributed by atoms with van der Waals surface area (Å²) in [5.41, 5.74) is 0. The average molecular weight is 291 g/mol. The number of aliphatic carboxylic acids is 1. The highest BCUT2D eigenvalue weighted by atomic mass is 19.3. The van der Waals surface area contributed by atoms with Gasteiger partial charge in [0.1, 0.15) is 6.04 Å². The van der Waals surface area contributed by atoms with Crippen LogP contribution in [0.25, 0.3) is 0 Å². The molecule has 1 saturated carbocycles. The first-order valence-corrected chi connectivity index (χ1v) is 6.89. The zero-order chi connectivity index (χ0) is 14.9. The number of rotatable bonds is 2. The lowest BCUT2D eigenvalue weighted by Gasteiger charge is -2.38. The quantitative estimate of drug-likeness (QED) is 0.802. The van der Waals surface area contributed by atoms with E-state index in [1.807, 2.05) is 0 Å². The van der Waals surface area contributed by atoms with Crippen LogP contribution in [0.1, 0.15) is 38.5 Å². The summed E-state index contributed by atoms with van der Waals surface area (Å²) in [6.45, 7) is 0.170. The van der Waals surface area contributed by atoms with Crippen LogP contribution >= 0.6 is 0 Å². The molecule has 1 saturated heterocycles. The molecule has 0 spiro atoms. The molecule has 1 amide bonds. The number of halogens is 2. The molecule has 2 atom stereocenters. The Balaban J connectivity index is 2.02. The van der Waals surface area contributed by atoms with Crippen LogP contribution in [-0.4, -0.2) is 51.6 Å². The highest BCUT2D eigenvalue weighted by Gasteiger charge is 2.42. The molecule has 5 nitrogen and oxygen atoms in total. The first-order chi connectivity index (χ1) is 9.30. The van der Waals surface area contributed by atoms with Gasteiger partial charge in [0.2, 0.25) is 11.8 Å². The molecule has 20 heavy (non-hydrogen) atoms. The van der Waals surface area contributed by atoms with Gasteiger partial charge in [-0.2, -0.15) is 0 Å². The van der Waals surface area contributed by atoms with Crippen molar-refractivity contribution < 1.29 is 28.6 Å². The SMILES string of the molecule is O=C(O)[C@@H]1C[C@@H](O)CCN1C(=O)C1CCC(F)(F)CC1. The fourth-order valence-electron chi connectivity index (χ4n) is 2.97. The summed E-state index contributed by atoms with van der Waals surface area (Å²) >= 11 is 0. The number of amides is 1. The minimum atomic E-state index is -2.71. The number of carboxylic acid groups (broad SMARTS) is 1. The zero-order valence-corrected chi connectivity index (χ0v) is 11.1. The number of carbonyl (C=O) groups is 2. The summed E-state index contributed by atoms with van der Waals surface area (Å²) in [6, 6.07) is -1.05. The van der Waals surface area contributed by atoms with Crippen LogP contribution in [0.4, 0.5) is 8.78 Å². The third kappa shape index (κ3) is 3.26. The largest absolute Gasteiger partial charge is 0.480 e. The second-order valence-corrected chi connectivity index (χ2v) is 5.69. The van der Waals surface area contributed by atoms with Gasteiger partial charge in [0, 0.05) is 31.7 Å². The number of hydrogen-bond acceptors (Lipinski definition) is 3. The Morgan fingerprint density at radius 2 is 1.75 bits per heavy atom. The molecule has 0 aromatic heterocycles. The van der Waals surface area contributed by atoms with E-state index in [0.717, 1.165) is 0 Å². The summed E-state index contributed by atoms with van der Waals surface area (Å²) in [7, 11) is 0. The van der Waals surface area contributed by atoms with E-state index in [2.05, 4.69) is 0 Å². The first-order valence-electron chi connectivity index (χ1n) is 6.89. The van der Waals surface area contributed by atoms with E-state index in [9.17, 15) is 23.5 Å². The number of hydrogen-bond donors (Lipinski definition) is 2. The summed E-state index contributed by atoms with van der Waals surface area (Å²) < 4.78 is 26.2. The van der Waals surface area contributed by atoms with Crippen molar-refractivity contribution in [2.45, 2.75) is 56.6 Å². The van der Waals surface area contributed by atoms with E-state index < -0.39 is 30.0 Å². The van der Waals surface area contributed by atoms with Crippen LogP contribution in [0.3, 0.4) is 0 Å². The highest BCUT2D eigenvalue weighted by Crippen LogP contribution is 2.37. The van der Waals surface area contributed by atoms with E-state index in [4.69, 9.17) is 5.11 Å². The average Bonchev–Trinajstić information content (AvgIpc) is 2.37. The lowest BCUT2D eigenvalue weighted by Crippen LogP contribution is -2.53. The van der Waals surface area contributed by atoms with Gasteiger partial charge in [0.25, 0.3) is 0 Å². The van der Waals surface area contributed by atoms with Gasteiger partial charge in [-0.3, -0.25) is 4.79 Å². The van der Waals surface area contributed by atoms with Gasteiger partial charge in [-0.1, -0.05) is 0 Å². The monoisotopic (exact) mass is 291 g/mol. The first kappa shape index (κ1) is 15.2. The van der Waals surface area contributed by atoms with Crippen molar-refractivity contribution in [2.75, 3.05) is 6.54 Å². The van der Waals surface area contributed by atoms with E-state index in [-0.39, 0.29) is 44.6 Å². The van der Waals surface area contributed by atoms with Gasteiger partial charge in [0.15, 0.2) is 0 Å². The normalized spacial score (nSPS) is 31.1. The van der Waals surface area contributed by atoms with Crippen molar-refractivity contribution in [1.82, 2.24) is 4.90 Å². The van der Waals surface area contributed by atoms with E-state index >= 15 is 0 Å². The molecule has 2 rings (SSSR count). The molecular formula is C13H19F2NO4. The topological polar surface area (TPSA) is 77.8 Å². The summed E-state index contributed by atoms with van der Waals surface area (Å²) in [6.07, 6.45) is -0.845. The highest BCUT2D eigenvalue weighted by molar-refractivity contribution is 5.85. The zero-order valence-electron chi connectivity index (χ0n) is 11.1. The van der Waals surface area contributed by atoms with Crippen molar-refractivity contribution in [1.29, 1.82) is 0 Å². The number of aliphatic hydroxyl groups excluding tert-OH is 1. The molecule has 0 aromatic rings. The van der Waals surface area contributed by atoms with Crippen LogP contribution in [0.5, 0.6) is 0 Å². The molecule has 1 aliphatic heterocycles. The molecule has 114 valence electrons. The smallest absolute Gasteiger partial charge is 0.326 e. The number of aliphatic hydroxyl groups is 1. The molecule has 2 aliphatic rings. The number of carbonyl (C=O) groups excluding carboxylic acids is 1. The minimum Gasteiger partial charge on any atom is -0.480 e. The molecule has 0 radical (unpaired) electrons. The number of alkyl halides is 2. The number of nitrogens with zero attached hydrogens (tertiary/aromatic N) is 1. The molecule has 0 bridgehead atoms. The molecule has 0 unspecified atom stereocenters. The predicted octanol–water partition coefficient (Wildman–Crippen LogP) is 1.25. The molecule has 7 heteroatoms. The lowest BCUT2D eigenvalue weighted by atomic mass is 9.85. The second kappa shape index (κ2) is 5.63. The Labute approximate surface area is 115 Å². The van der Waals surface area contributed by atoms with Gasteiger partial charge in [0.05, 0.1) is 6.10 Å². The van der Waals surface area contributed by atoms with Crippen molar-refractivity contribution in [3.63, 3.8) is 0 Å². The maximum atomic E-state index is 13.1. The lowest BCUT2D eigenvalue weighted by molar-refractivity contribution is -0.158. The molecule has 0 aromatic carbocycles. The Bertz CT molecular complexity index is 392. The van der Waals surface area contributed by atoms with Crippen LogP contribution in [0, 0.1) is 5.92 Å². The van der Waals surface area contributed by atoms with Gasteiger partial charge in [-0.25, -0.2) is 13.6 Å². The fraction of sp³-hybridized carbons (Fsp3) is 0.846. The summed E-state index contributed by atoms with van der Waals surface area (Å²) in [5, 5.41) is 18.6. The van der Waals surface area contributed by atoms with Gasteiger partial charge >= 0.3 is 5.97 Å². The predicted molar refractivity (Wildman–Crippen MR) is 65.3 cm³/mol. The van der Waals surface area contributed by atoms with Crippen LogP contribution in [-0.2, 0) is 9.59 Å². The Morgan fingerprint density at radius 3 is 2.30 bits per heavy atom. The van der Waals surface area contributed by atoms with E-state index in [0.29, 0.717) is 6.42 Å². The van der Waals surface area contributed by atoms with Crippen molar-refractivity contribution in [3.05, 3.63) is 0 Å². The van der Waals surface area contributed by atoms with Crippen LogP contribution < -0.4 is 0 Å². The minimum absolute atomic E-state index is 0.00392. The molecular weight excluding hydrogens is 272 g/mol.